The molecule has 0 aliphatic heterocycles. The SMILES string of the molecule is C/C(=C\c1c(C(=O)O)cnn1-c1ccc(C#N)cc1)N(C(=O)N(C)[O-])c1cccc(C(F)(F)F)c1. The van der Waals surface area contributed by atoms with Crippen LogP contribution in [0.3, 0.4) is 0 Å². The molecule has 0 bridgehead atoms. The summed E-state index contributed by atoms with van der Waals surface area (Å²) >= 11 is 0. The van der Waals surface area contributed by atoms with E-state index in [0.29, 0.717) is 17.3 Å². The number of hydrogen-bond acceptors (Lipinski definition) is 5. The maximum Gasteiger partial charge on any atom is 0.416 e. The fourth-order valence-corrected chi connectivity index (χ4v) is 3.23. The number of nitrogens with zero attached hydrogens (tertiary/aromatic N) is 5. The summed E-state index contributed by atoms with van der Waals surface area (Å²) in [5.41, 5.74) is -0.875. The van der Waals surface area contributed by atoms with E-state index in [-0.39, 0.29) is 27.7 Å². The highest BCUT2D eigenvalue weighted by molar-refractivity contribution is 5.97. The highest BCUT2D eigenvalue weighted by atomic mass is 19.4. The third kappa shape index (κ3) is 5.31. The molecule has 0 aliphatic rings. The third-order valence-electron chi connectivity index (χ3n) is 4.87. The Bertz CT molecular complexity index is 1340. The van der Waals surface area contributed by atoms with E-state index < -0.39 is 23.7 Å². The maximum absolute atomic E-state index is 13.2. The molecule has 2 amide bonds. The van der Waals surface area contributed by atoms with Crippen molar-refractivity contribution in [3.63, 3.8) is 0 Å². The first-order valence-corrected chi connectivity index (χ1v) is 9.86. The van der Waals surface area contributed by atoms with Crippen molar-refractivity contribution in [1.82, 2.24) is 14.8 Å². The largest absolute Gasteiger partial charge is 0.755 e. The van der Waals surface area contributed by atoms with Gasteiger partial charge in [-0.2, -0.15) is 23.5 Å². The molecule has 1 N–H and O–H groups in total. The summed E-state index contributed by atoms with van der Waals surface area (Å²) in [6.45, 7) is 1.34. The molecule has 35 heavy (non-hydrogen) atoms. The first-order chi connectivity index (χ1) is 16.4. The van der Waals surface area contributed by atoms with Crippen LogP contribution in [-0.4, -0.2) is 39.0 Å². The molecule has 180 valence electrons. The van der Waals surface area contributed by atoms with Crippen LogP contribution in [0.15, 0.2) is 60.4 Å². The average Bonchev–Trinajstić information content (AvgIpc) is 3.22. The summed E-state index contributed by atoms with van der Waals surface area (Å²) in [6.07, 6.45) is -2.41. The van der Waals surface area contributed by atoms with Crippen molar-refractivity contribution in [3.8, 4) is 11.8 Å². The molecule has 0 fully saturated rings. The van der Waals surface area contributed by atoms with Gasteiger partial charge in [0, 0.05) is 5.70 Å². The van der Waals surface area contributed by atoms with E-state index in [2.05, 4.69) is 5.10 Å². The fraction of sp³-hybridized carbons (Fsp3) is 0.130. The van der Waals surface area contributed by atoms with E-state index in [4.69, 9.17) is 5.26 Å². The van der Waals surface area contributed by atoms with Gasteiger partial charge in [-0.1, -0.05) is 6.07 Å². The van der Waals surface area contributed by atoms with Gasteiger partial charge in [0.15, 0.2) is 0 Å². The van der Waals surface area contributed by atoms with Gasteiger partial charge < -0.3 is 15.4 Å². The van der Waals surface area contributed by atoms with E-state index in [1.165, 1.54) is 48.0 Å². The number of carboxylic acids is 1. The van der Waals surface area contributed by atoms with Gasteiger partial charge >= 0.3 is 18.2 Å². The molecule has 0 aliphatic carbocycles. The van der Waals surface area contributed by atoms with Gasteiger partial charge in [-0.15, -0.1) is 0 Å². The number of aromatic nitrogens is 2. The number of urea groups is 1. The second kappa shape index (κ2) is 9.70. The first-order valence-electron chi connectivity index (χ1n) is 9.86. The zero-order valence-electron chi connectivity index (χ0n) is 18.3. The molecule has 0 unspecified atom stereocenters. The molecule has 0 radical (unpaired) electrons. The van der Waals surface area contributed by atoms with Crippen molar-refractivity contribution in [2.45, 2.75) is 13.1 Å². The Balaban J connectivity index is 2.19. The highest BCUT2D eigenvalue weighted by Gasteiger charge is 2.31. The summed E-state index contributed by atoms with van der Waals surface area (Å²) in [4.78, 5) is 25.2. The number of alkyl halides is 3. The molecule has 0 saturated heterocycles. The molecule has 0 saturated carbocycles. The lowest BCUT2D eigenvalue weighted by Gasteiger charge is -2.32. The van der Waals surface area contributed by atoms with Crippen molar-refractivity contribution in [3.05, 3.63) is 88.0 Å². The van der Waals surface area contributed by atoms with Crippen LogP contribution in [0.5, 0.6) is 0 Å². The number of carboxylic acid groups (broad SMARTS) is 1. The smallest absolute Gasteiger partial charge is 0.416 e. The van der Waals surface area contributed by atoms with Gasteiger partial charge in [0.2, 0.25) is 0 Å². The number of carbonyl (C=O) groups excluding carboxylic acids is 1. The number of carbonyl (C=O) groups is 2. The van der Waals surface area contributed by atoms with Gasteiger partial charge in [0.1, 0.15) is 5.56 Å². The summed E-state index contributed by atoms with van der Waals surface area (Å²) < 4.78 is 41.0. The van der Waals surface area contributed by atoms with Crippen LogP contribution in [0.4, 0.5) is 23.7 Å². The Labute approximate surface area is 197 Å². The van der Waals surface area contributed by atoms with Crippen molar-refractivity contribution in [2.24, 2.45) is 0 Å². The molecule has 0 atom stereocenters. The number of benzene rings is 2. The van der Waals surface area contributed by atoms with Crippen LogP contribution in [-0.2, 0) is 6.18 Å². The number of amides is 2. The summed E-state index contributed by atoms with van der Waals surface area (Å²) in [5.74, 6) is -1.35. The number of anilines is 1. The van der Waals surface area contributed by atoms with Crippen molar-refractivity contribution < 1.29 is 27.9 Å². The third-order valence-corrected chi connectivity index (χ3v) is 4.87. The molecular weight excluding hydrogens is 467 g/mol. The Kier molecular flexibility index (Phi) is 6.93. The van der Waals surface area contributed by atoms with Crippen LogP contribution in [0, 0.1) is 16.5 Å². The van der Waals surface area contributed by atoms with Gasteiger partial charge in [0.25, 0.3) is 0 Å². The molecule has 2 aromatic carbocycles. The lowest BCUT2D eigenvalue weighted by molar-refractivity contribution is -0.137. The minimum absolute atomic E-state index is 0.0157. The lowest BCUT2D eigenvalue weighted by atomic mass is 10.1. The monoisotopic (exact) mass is 484 g/mol. The normalized spacial score (nSPS) is 11.6. The number of halogens is 3. The van der Waals surface area contributed by atoms with E-state index in [9.17, 15) is 33.1 Å². The van der Waals surface area contributed by atoms with Crippen LogP contribution in [0.1, 0.15) is 34.1 Å². The highest BCUT2D eigenvalue weighted by Crippen LogP contribution is 2.33. The van der Waals surface area contributed by atoms with Crippen LogP contribution < -0.4 is 4.90 Å². The summed E-state index contributed by atoms with van der Waals surface area (Å²) in [7, 11) is 0.889. The van der Waals surface area contributed by atoms with Crippen LogP contribution in [0.25, 0.3) is 11.8 Å². The van der Waals surface area contributed by atoms with Crippen molar-refractivity contribution >= 4 is 23.8 Å². The topological polar surface area (TPSA) is 126 Å². The van der Waals surface area contributed by atoms with Crippen LogP contribution >= 0.6 is 0 Å². The number of aromatic carboxylic acids is 1. The van der Waals surface area contributed by atoms with E-state index >= 15 is 0 Å². The van der Waals surface area contributed by atoms with Gasteiger partial charge in [0.05, 0.1) is 40.5 Å². The molecule has 1 aromatic heterocycles. The van der Waals surface area contributed by atoms with Gasteiger partial charge in [-0.3, -0.25) is 4.90 Å². The predicted molar refractivity (Wildman–Crippen MR) is 119 cm³/mol. The zero-order valence-corrected chi connectivity index (χ0v) is 18.3. The second-order valence-corrected chi connectivity index (χ2v) is 7.27. The number of allylic oxidation sites excluding steroid dienone is 1. The molecule has 12 heteroatoms. The maximum atomic E-state index is 13.2. The molecule has 0 spiro atoms. The fourth-order valence-electron chi connectivity index (χ4n) is 3.23. The Morgan fingerprint density at radius 3 is 2.40 bits per heavy atom. The van der Waals surface area contributed by atoms with E-state index in [1.807, 2.05) is 6.07 Å². The minimum Gasteiger partial charge on any atom is -0.755 e. The molecule has 3 aromatic rings. The minimum atomic E-state index is -4.70. The molecule has 9 nitrogen and oxygen atoms in total. The second-order valence-electron chi connectivity index (χ2n) is 7.27. The van der Waals surface area contributed by atoms with Gasteiger partial charge in [-0.25, -0.2) is 14.3 Å². The Hall–Kier alpha value is -4.63. The Morgan fingerprint density at radius 1 is 1.20 bits per heavy atom. The van der Waals surface area contributed by atoms with Crippen molar-refractivity contribution in [1.29, 1.82) is 5.26 Å². The number of hydrogen-bond donors (Lipinski definition) is 1. The van der Waals surface area contributed by atoms with Crippen molar-refractivity contribution in [2.75, 3.05) is 11.9 Å². The lowest BCUT2D eigenvalue weighted by Crippen LogP contribution is -2.37. The summed E-state index contributed by atoms with van der Waals surface area (Å²) in [6, 6.07) is 10.6. The standard InChI is InChI=1S/C23H17F3N5O4/c1-14(30(22(34)29(2)35)18-5-3-4-16(11-18)23(24,25)26)10-20-19(21(32)33)13-28-31(20)17-8-6-15(12-27)7-9-17/h3-11,13H,1-2H3,(H,32,33)/q-1/b14-10+. The quantitative estimate of drug-likeness (QED) is 0.515. The number of nitriles is 1. The summed E-state index contributed by atoms with van der Waals surface area (Å²) in [5, 5.41) is 34.4. The Morgan fingerprint density at radius 2 is 1.86 bits per heavy atom. The predicted octanol–water partition coefficient (Wildman–Crippen LogP) is 4.88. The zero-order chi connectivity index (χ0) is 25.9. The molecule has 3 rings (SSSR count). The number of hydroxylamine groups is 2. The van der Waals surface area contributed by atoms with E-state index in [1.54, 1.807) is 0 Å². The molecular formula is C23H17F3N5O4-. The van der Waals surface area contributed by atoms with Gasteiger partial charge in [-0.05, 0) is 62.5 Å². The van der Waals surface area contributed by atoms with Crippen LogP contribution in [0.2, 0.25) is 0 Å². The number of rotatable bonds is 5. The average molecular weight is 484 g/mol. The molecule has 1 heterocycles. The van der Waals surface area contributed by atoms with E-state index in [0.717, 1.165) is 30.3 Å². The first kappa shape index (κ1) is 25.0.